The summed E-state index contributed by atoms with van der Waals surface area (Å²) >= 11 is 12.3. The first-order valence-electron chi connectivity index (χ1n) is 6.08. The van der Waals surface area contributed by atoms with E-state index in [0.717, 1.165) is 29.2 Å². The van der Waals surface area contributed by atoms with Crippen molar-refractivity contribution < 1.29 is 0 Å². The van der Waals surface area contributed by atoms with Crippen molar-refractivity contribution in [2.75, 3.05) is 11.9 Å². The number of hydrogen-bond acceptors (Lipinski definition) is 3. The first kappa shape index (κ1) is 14.1. The third-order valence-corrected chi connectivity index (χ3v) is 3.63. The number of rotatable bonds is 3. The maximum atomic E-state index is 6.27. The molecule has 0 amide bonds. The average molecular weight is 296 g/mol. The zero-order valence-corrected chi connectivity index (χ0v) is 12.6. The lowest BCUT2D eigenvalue weighted by molar-refractivity contribution is 1.02. The van der Waals surface area contributed by atoms with Gasteiger partial charge in [0, 0.05) is 17.7 Å². The highest BCUT2D eigenvalue weighted by molar-refractivity contribution is 6.43. The van der Waals surface area contributed by atoms with Gasteiger partial charge in [-0.2, -0.15) is 0 Å². The molecule has 2 rings (SSSR count). The molecule has 0 saturated heterocycles. The van der Waals surface area contributed by atoms with E-state index in [1.807, 2.05) is 32.9 Å². The lowest BCUT2D eigenvalue weighted by Crippen LogP contribution is -2.06. The van der Waals surface area contributed by atoms with Crippen molar-refractivity contribution in [3.63, 3.8) is 0 Å². The maximum Gasteiger partial charge on any atom is 0.133 e. The number of anilines is 1. The van der Waals surface area contributed by atoms with Crippen LogP contribution in [0.4, 0.5) is 5.82 Å². The van der Waals surface area contributed by atoms with Crippen LogP contribution in [0.25, 0.3) is 11.3 Å². The summed E-state index contributed by atoms with van der Waals surface area (Å²) in [6, 6.07) is 5.55. The van der Waals surface area contributed by atoms with Crippen LogP contribution in [0.1, 0.15) is 18.3 Å². The van der Waals surface area contributed by atoms with E-state index in [9.17, 15) is 0 Å². The van der Waals surface area contributed by atoms with Crippen molar-refractivity contribution in [2.45, 2.75) is 20.8 Å². The Balaban J connectivity index is 2.65. The molecule has 0 unspecified atom stereocenters. The number of benzene rings is 1. The van der Waals surface area contributed by atoms with Crippen molar-refractivity contribution >= 4 is 29.0 Å². The van der Waals surface area contributed by atoms with E-state index in [1.54, 1.807) is 6.07 Å². The molecule has 3 nitrogen and oxygen atoms in total. The molecule has 0 aliphatic heterocycles. The van der Waals surface area contributed by atoms with Gasteiger partial charge in [0.05, 0.1) is 15.7 Å². The molecule has 100 valence electrons. The second-order valence-corrected chi connectivity index (χ2v) is 5.01. The maximum absolute atomic E-state index is 6.27. The van der Waals surface area contributed by atoms with E-state index in [0.29, 0.717) is 15.9 Å². The molecule has 0 atom stereocenters. The topological polar surface area (TPSA) is 37.8 Å². The first-order valence-corrected chi connectivity index (χ1v) is 6.83. The summed E-state index contributed by atoms with van der Waals surface area (Å²) in [5.41, 5.74) is 2.61. The molecule has 0 bridgehead atoms. The van der Waals surface area contributed by atoms with Gasteiger partial charge >= 0.3 is 0 Å². The molecule has 0 radical (unpaired) electrons. The van der Waals surface area contributed by atoms with Gasteiger partial charge in [0.15, 0.2) is 0 Å². The molecule has 19 heavy (non-hydrogen) atoms. The van der Waals surface area contributed by atoms with E-state index in [2.05, 4.69) is 15.3 Å². The first-order chi connectivity index (χ1) is 9.04. The molecule has 1 heterocycles. The molecule has 0 aliphatic carbocycles. The molecule has 5 heteroatoms. The SMILES string of the molecule is CCNc1nc(C)nc(-c2cccc(Cl)c2Cl)c1C. The van der Waals surface area contributed by atoms with Crippen LogP contribution in [0.5, 0.6) is 0 Å². The van der Waals surface area contributed by atoms with Crippen molar-refractivity contribution in [2.24, 2.45) is 0 Å². The lowest BCUT2D eigenvalue weighted by Gasteiger charge is -2.13. The van der Waals surface area contributed by atoms with Crippen LogP contribution in [0.15, 0.2) is 18.2 Å². The molecule has 2 aromatic rings. The fourth-order valence-electron chi connectivity index (χ4n) is 1.92. The predicted octanol–water partition coefficient (Wildman–Crippen LogP) is 4.50. The van der Waals surface area contributed by atoms with Gasteiger partial charge in [-0.05, 0) is 26.8 Å². The monoisotopic (exact) mass is 295 g/mol. The van der Waals surface area contributed by atoms with E-state index < -0.39 is 0 Å². The third-order valence-electron chi connectivity index (χ3n) is 2.81. The zero-order chi connectivity index (χ0) is 14.0. The summed E-state index contributed by atoms with van der Waals surface area (Å²) in [6.45, 7) is 6.68. The van der Waals surface area contributed by atoms with E-state index in [-0.39, 0.29) is 0 Å². The van der Waals surface area contributed by atoms with Gasteiger partial charge in [-0.3, -0.25) is 0 Å². The normalized spacial score (nSPS) is 10.6. The summed E-state index contributed by atoms with van der Waals surface area (Å²) in [7, 11) is 0. The van der Waals surface area contributed by atoms with Crippen molar-refractivity contribution in [1.29, 1.82) is 0 Å². The quantitative estimate of drug-likeness (QED) is 0.906. The number of aromatic nitrogens is 2. The second-order valence-electron chi connectivity index (χ2n) is 4.22. The van der Waals surface area contributed by atoms with Gasteiger partial charge in [0.2, 0.25) is 0 Å². The Morgan fingerprint density at radius 1 is 1.16 bits per heavy atom. The number of nitrogens with one attached hydrogen (secondary N) is 1. The molecular formula is C14H15Cl2N3. The number of hydrogen-bond donors (Lipinski definition) is 1. The highest BCUT2D eigenvalue weighted by Crippen LogP contribution is 2.35. The minimum Gasteiger partial charge on any atom is -0.370 e. The zero-order valence-electron chi connectivity index (χ0n) is 11.1. The van der Waals surface area contributed by atoms with Crippen LogP contribution < -0.4 is 5.32 Å². The van der Waals surface area contributed by atoms with Gasteiger partial charge in [-0.1, -0.05) is 35.3 Å². The Morgan fingerprint density at radius 3 is 2.58 bits per heavy atom. The second kappa shape index (κ2) is 5.76. The van der Waals surface area contributed by atoms with Crippen LogP contribution >= 0.6 is 23.2 Å². The van der Waals surface area contributed by atoms with Crippen LogP contribution in [-0.2, 0) is 0 Å². The van der Waals surface area contributed by atoms with E-state index >= 15 is 0 Å². The van der Waals surface area contributed by atoms with E-state index in [1.165, 1.54) is 0 Å². The molecule has 0 saturated carbocycles. The third kappa shape index (κ3) is 2.82. The summed E-state index contributed by atoms with van der Waals surface area (Å²) < 4.78 is 0. The summed E-state index contributed by atoms with van der Waals surface area (Å²) in [4.78, 5) is 8.90. The Hall–Kier alpha value is -1.32. The van der Waals surface area contributed by atoms with Gasteiger partial charge < -0.3 is 5.32 Å². The Kier molecular flexibility index (Phi) is 4.27. The molecule has 1 aromatic heterocycles. The number of aryl methyl sites for hydroxylation is 1. The summed E-state index contributed by atoms with van der Waals surface area (Å²) in [5.74, 6) is 1.54. The molecule has 0 aliphatic rings. The smallest absolute Gasteiger partial charge is 0.133 e. The van der Waals surface area contributed by atoms with E-state index in [4.69, 9.17) is 23.2 Å². The van der Waals surface area contributed by atoms with Crippen LogP contribution in [0, 0.1) is 13.8 Å². The number of nitrogens with zero attached hydrogens (tertiary/aromatic N) is 2. The average Bonchev–Trinajstić information content (AvgIpc) is 2.37. The van der Waals surface area contributed by atoms with Gasteiger partial charge in [0.1, 0.15) is 11.6 Å². The number of halogens is 2. The van der Waals surface area contributed by atoms with Crippen LogP contribution in [-0.4, -0.2) is 16.5 Å². The fraction of sp³-hybridized carbons (Fsp3) is 0.286. The standard InChI is InChI=1S/C14H15Cl2N3/c1-4-17-14-8(2)13(18-9(3)19-14)10-6-5-7-11(15)12(10)16/h5-7H,4H2,1-3H3,(H,17,18,19). The van der Waals surface area contributed by atoms with Gasteiger partial charge in [-0.15, -0.1) is 0 Å². The highest BCUT2D eigenvalue weighted by Gasteiger charge is 2.14. The van der Waals surface area contributed by atoms with Crippen molar-refractivity contribution in [3.05, 3.63) is 39.6 Å². The summed E-state index contributed by atoms with van der Waals surface area (Å²) in [5, 5.41) is 4.28. The minimum absolute atomic E-state index is 0.521. The van der Waals surface area contributed by atoms with Crippen LogP contribution in [0.3, 0.4) is 0 Å². The summed E-state index contributed by atoms with van der Waals surface area (Å²) in [6.07, 6.45) is 0. The fourth-order valence-corrected chi connectivity index (χ4v) is 2.31. The molecule has 1 N–H and O–H groups in total. The largest absolute Gasteiger partial charge is 0.370 e. The van der Waals surface area contributed by atoms with Crippen molar-refractivity contribution in [3.8, 4) is 11.3 Å². The van der Waals surface area contributed by atoms with Gasteiger partial charge in [-0.25, -0.2) is 9.97 Å². The highest BCUT2D eigenvalue weighted by atomic mass is 35.5. The molecule has 0 fully saturated rings. The molecule has 1 aromatic carbocycles. The Bertz CT molecular complexity index is 612. The molecule has 0 spiro atoms. The van der Waals surface area contributed by atoms with Crippen molar-refractivity contribution in [1.82, 2.24) is 9.97 Å². The van der Waals surface area contributed by atoms with Gasteiger partial charge in [0.25, 0.3) is 0 Å². The lowest BCUT2D eigenvalue weighted by atomic mass is 10.1. The predicted molar refractivity (Wildman–Crippen MR) is 81.1 cm³/mol. The molecular weight excluding hydrogens is 281 g/mol. The Morgan fingerprint density at radius 2 is 1.89 bits per heavy atom. The van der Waals surface area contributed by atoms with Crippen LogP contribution in [0.2, 0.25) is 10.0 Å². The Labute approximate surface area is 123 Å². The minimum atomic E-state index is 0.521.